The normalized spacial score (nSPS) is 12.1. The molecule has 1 atom stereocenters. The van der Waals surface area contributed by atoms with Gasteiger partial charge in [0.1, 0.15) is 0 Å². The van der Waals surface area contributed by atoms with E-state index in [0.717, 1.165) is 35.4 Å². The van der Waals surface area contributed by atoms with E-state index in [-0.39, 0.29) is 16.7 Å². The van der Waals surface area contributed by atoms with Gasteiger partial charge in [0.05, 0.1) is 0 Å². The lowest BCUT2D eigenvalue weighted by atomic mass is 10.0. The molecule has 2 amide bonds. The van der Waals surface area contributed by atoms with E-state index >= 15 is 0 Å². The minimum atomic E-state index is -4.75. The average Bonchev–Trinajstić information content (AvgIpc) is 2.77. The predicted molar refractivity (Wildman–Crippen MR) is 104 cm³/mol. The lowest BCUT2D eigenvalue weighted by molar-refractivity contribution is -0.155. The third-order valence-electron chi connectivity index (χ3n) is 4.46. The highest BCUT2D eigenvalue weighted by atomic mass is 19.4. The number of benzene rings is 3. The summed E-state index contributed by atoms with van der Waals surface area (Å²) in [5, 5.41) is 10.6. The summed E-state index contributed by atoms with van der Waals surface area (Å²) < 4.78 is 40.7. The molecule has 30 heavy (non-hydrogen) atoms. The molecule has 3 N–H and O–H groups in total. The van der Waals surface area contributed by atoms with Gasteiger partial charge in [0.2, 0.25) is 0 Å². The Morgan fingerprint density at radius 2 is 1.23 bits per heavy atom. The molecule has 154 valence electrons. The third-order valence-corrected chi connectivity index (χ3v) is 4.46. The highest BCUT2D eigenvalue weighted by molar-refractivity contribution is 5.95. The Morgan fingerprint density at radius 3 is 1.77 bits per heavy atom. The second-order valence-electron chi connectivity index (χ2n) is 6.45. The van der Waals surface area contributed by atoms with Crippen LogP contribution in [0.1, 0.15) is 32.3 Å². The summed E-state index contributed by atoms with van der Waals surface area (Å²) in [5.41, 5.74) is 2.97. The van der Waals surface area contributed by atoms with Crippen LogP contribution in [0.4, 0.5) is 13.2 Å². The number of hydrogen-bond donors (Lipinski definition) is 3. The molecule has 0 aliphatic rings. The summed E-state index contributed by atoms with van der Waals surface area (Å²) in [6, 6.07) is 17.7. The molecule has 8 heteroatoms. The Kier molecular flexibility index (Phi) is 6.17. The van der Waals surface area contributed by atoms with Crippen LogP contribution in [0.2, 0.25) is 0 Å². The number of amides is 2. The zero-order valence-corrected chi connectivity index (χ0v) is 15.5. The first-order valence-electron chi connectivity index (χ1n) is 8.87. The predicted octanol–water partition coefficient (Wildman–Crippen LogP) is 4.51. The molecule has 5 nitrogen and oxygen atoms in total. The smallest absolute Gasteiger partial charge is 0.337 e. The molecule has 0 radical (unpaired) electrons. The first-order chi connectivity index (χ1) is 14.3. The first-order valence-corrected chi connectivity index (χ1v) is 8.87. The number of halogens is 3. The van der Waals surface area contributed by atoms with Gasteiger partial charge in [-0.15, -0.1) is 0 Å². The summed E-state index contributed by atoms with van der Waals surface area (Å²) in [4.78, 5) is 23.8. The van der Waals surface area contributed by atoms with Crippen LogP contribution in [-0.2, 0) is 0 Å². The fraction of sp³-hybridized carbons (Fsp3) is 0.0909. The Balaban J connectivity index is 1.80. The molecule has 0 fully saturated rings. The number of rotatable bonds is 5. The monoisotopic (exact) mass is 414 g/mol. The van der Waals surface area contributed by atoms with Crippen LogP contribution in [0.5, 0.6) is 0 Å². The molecule has 0 aliphatic carbocycles. The zero-order chi connectivity index (χ0) is 21.7. The number of nitrogens with one attached hydrogen (secondary N) is 2. The van der Waals surface area contributed by atoms with E-state index in [0.29, 0.717) is 0 Å². The molecule has 0 saturated carbocycles. The molecule has 0 bridgehead atoms. The summed E-state index contributed by atoms with van der Waals surface area (Å²) >= 11 is 0. The van der Waals surface area contributed by atoms with Crippen molar-refractivity contribution in [3.8, 4) is 11.1 Å². The third kappa shape index (κ3) is 4.84. The maximum absolute atomic E-state index is 13.6. The van der Waals surface area contributed by atoms with Crippen molar-refractivity contribution in [3.05, 3.63) is 95.6 Å². The van der Waals surface area contributed by atoms with Gasteiger partial charge in [-0.25, -0.2) is 5.48 Å². The zero-order valence-electron chi connectivity index (χ0n) is 15.5. The Bertz CT molecular complexity index is 1020. The molecular weight excluding hydrogens is 397 g/mol. The fourth-order valence-electron chi connectivity index (χ4n) is 2.90. The van der Waals surface area contributed by atoms with Gasteiger partial charge in [-0.1, -0.05) is 54.6 Å². The van der Waals surface area contributed by atoms with Crippen LogP contribution in [0.15, 0.2) is 78.9 Å². The molecule has 0 spiro atoms. The van der Waals surface area contributed by atoms with Gasteiger partial charge in [-0.05, 0) is 41.0 Å². The highest BCUT2D eigenvalue weighted by Crippen LogP contribution is 2.33. The van der Waals surface area contributed by atoms with E-state index in [1.165, 1.54) is 17.6 Å². The van der Waals surface area contributed by atoms with Crippen molar-refractivity contribution in [2.24, 2.45) is 0 Å². The Morgan fingerprint density at radius 1 is 0.733 bits per heavy atom. The van der Waals surface area contributed by atoms with E-state index in [2.05, 4.69) is 0 Å². The fourth-order valence-corrected chi connectivity index (χ4v) is 2.90. The molecule has 1 unspecified atom stereocenters. The van der Waals surface area contributed by atoms with Crippen molar-refractivity contribution in [3.63, 3.8) is 0 Å². The summed E-state index contributed by atoms with van der Waals surface area (Å²) in [6.07, 6.45) is -4.75. The molecule has 0 aromatic heterocycles. The summed E-state index contributed by atoms with van der Waals surface area (Å²) in [6.45, 7) is 0. The standard InChI is InChI=1S/C22H17F3N2O3/c23-22(24,25)19(16-8-12-18(13-9-16)21(29)27-30)26-20(28)17-10-6-15(7-11-17)14-4-2-1-3-5-14/h1-13,19,30H,(H,26,28)(H,27,29). The molecule has 3 aromatic carbocycles. The molecule has 3 rings (SSSR count). The van der Waals surface area contributed by atoms with Crippen LogP contribution in [0.3, 0.4) is 0 Å². The summed E-state index contributed by atoms with van der Waals surface area (Å²) in [5.74, 6) is -1.73. The van der Waals surface area contributed by atoms with Crippen LogP contribution in [0.25, 0.3) is 11.1 Å². The van der Waals surface area contributed by atoms with E-state index in [1.807, 2.05) is 35.6 Å². The van der Waals surface area contributed by atoms with Crippen LogP contribution < -0.4 is 10.8 Å². The maximum atomic E-state index is 13.6. The van der Waals surface area contributed by atoms with Gasteiger partial charge in [-0.3, -0.25) is 14.8 Å². The van der Waals surface area contributed by atoms with E-state index in [1.54, 1.807) is 12.1 Å². The first kappa shape index (κ1) is 21.1. The van der Waals surface area contributed by atoms with Crippen LogP contribution in [0, 0.1) is 0 Å². The molecular formula is C22H17F3N2O3. The van der Waals surface area contributed by atoms with Crippen LogP contribution >= 0.6 is 0 Å². The van der Waals surface area contributed by atoms with Crippen molar-refractivity contribution in [2.75, 3.05) is 0 Å². The number of hydroxylamine groups is 1. The molecule has 0 heterocycles. The summed E-state index contributed by atoms with van der Waals surface area (Å²) in [7, 11) is 0. The minimum Gasteiger partial charge on any atom is -0.337 e. The molecule has 0 aliphatic heterocycles. The van der Waals surface area contributed by atoms with E-state index in [9.17, 15) is 22.8 Å². The number of hydrogen-bond acceptors (Lipinski definition) is 3. The minimum absolute atomic E-state index is 0.0231. The van der Waals surface area contributed by atoms with Gasteiger partial charge >= 0.3 is 6.18 Å². The highest BCUT2D eigenvalue weighted by Gasteiger charge is 2.42. The maximum Gasteiger partial charge on any atom is 0.412 e. The number of carbonyl (C=O) groups excluding carboxylic acids is 2. The lowest BCUT2D eigenvalue weighted by Gasteiger charge is -2.22. The topological polar surface area (TPSA) is 78.4 Å². The second-order valence-corrected chi connectivity index (χ2v) is 6.45. The van der Waals surface area contributed by atoms with Gasteiger partial charge in [-0.2, -0.15) is 13.2 Å². The van der Waals surface area contributed by atoms with Crippen molar-refractivity contribution in [1.82, 2.24) is 10.8 Å². The Hall–Kier alpha value is -3.65. The Labute approximate surface area is 170 Å². The van der Waals surface area contributed by atoms with Gasteiger partial charge < -0.3 is 5.32 Å². The quantitative estimate of drug-likeness (QED) is 0.425. The van der Waals surface area contributed by atoms with Crippen molar-refractivity contribution in [1.29, 1.82) is 0 Å². The van der Waals surface area contributed by atoms with Crippen molar-refractivity contribution in [2.45, 2.75) is 12.2 Å². The second kappa shape index (κ2) is 8.79. The number of alkyl halides is 3. The van der Waals surface area contributed by atoms with E-state index in [4.69, 9.17) is 5.21 Å². The average molecular weight is 414 g/mol. The lowest BCUT2D eigenvalue weighted by Crippen LogP contribution is -2.38. The van der Waals surface area contributed by atoms with Gasteiger partial charge in [0, 0.05) is 11.1 Å². The van der Waals surface area contributed by atoms with Crippen molar-refractivity contribution < 1.29 is 28.0 Å². The largest absolute Gasteiger partial charge is 0.412 e. The van der Waals surface area contributed by atoms with E-state index < -0.39 is 24.0 Å². The SMILES string of the molecule is O=C(NO)c1ccc(C(NC(=O)c2ccc(-c3ccccc3)cc2)C(F)(F)F)cc1. The van der Waals surface area contributed by atoms with Gasteiger partial charge in [0.25, 0.3) is 11.8 Å². The van der Waals surface area contributed by atoms with Gasteiger partial charge in [0.15, 0.2) is 6.04 Å². The van der Waals surface area contributed by atoms with Crippen LogP contribution in [-0.4, -0.2) is 23.2 Å². The molecule has 3 aromatic rings. The van der Waals surface area contributed by atoms with Crippen molar-refractivity contribution >= 4 is 11.8 Å². The molecule has 0 saturated heterocycles. The number of carbonyl (C=O) groups is 2.